The maximum atomic E-state index is 6.69. The van der Waals surface area contributed by atoms with E-state index >= 15 is 0 Å². The third-order valence-corrected chi connectivity index (χ3v) is 15.2. The second-order valence-corrected chi connectivity index (χ2v) is 18.7. The van der Waals surface area contributed by atoms with Gasteiger partial charge in [0.15, 0.2) is 0 Å². The summed E-state index contributed by atoms with van der Waals surface area (Å²) >= 11 is 0. The number of rotatable bonds is 7. The first-order valence-corrected chi connectivity index (χ1v) is 24.2. The Morgan fingerprint density at radius 2 is 0.614 bits per heavy atom. The van der Waals surface area contributed by atoms with Crippen LogP contribution in [0.25, 0.3) is 44.5 Å². The van der Waals surface area contributed by atoms with Gasteiger partial charge in [0.2, 0.25) is 0 Å². The van der Waals surface area contributed by atoms with Crippen LogP contribution in [0.1, 0.15) is 44.5 Å². The van der Waals surface area contributed by atoms with Gasteiger partial charge in [0, 0.05) is 28.2 Å². The summed E-state index contributed by atoms with van der Waals surface area (Å²) in [5, 5.41) is 0. The lowest BCUT2D eigenvalue weighted by Crippen LogP contribution is -2.32. The molecule has 0 bridgehead atoms. The monoisotopic (exact) mass is 891 g/mol. The van der Waals surface area contributed by atoms with Gasteiger partial charge in [-0.3, -0.25) is 0 Å². The smallest absolute Gasteiger partial charge is 0.132 e. The van der Waals surface area contributed by atoms with Crippen LogP contribution in [0.15, 0.2) is 273 Å². The molecule has 70 heavy (non-hydrogen) atoms. The molecule has 1 aliphatic heterocycles. The number of fused-ring (bicyclic) bond motifs is 12. The number of para-hydroxylation sites is 2. The van der Waals surface area contributed by atoms with E-state index in [0.29, 0.717) is 0 Å². The molecular weight excluding hydrogens is 847 g/mol. The first-order chi connectivity index (χ1) is 34.7. The third kappa shape index (κ3) is 5.80. The molecule has 0 amide bonds. The van der Waals surface area contributed by atoms with Crippen molar-refractivity contribution in [3.05, 3.63) is 317 Å². The zero-order chi connectivity index (χ0) is 46.2. The Hall–Kier alpha value is -8.98. The van der Waals surface area contributed by atoms with Gasteiger partial charge in [0.05, 0.1) is 10.8 Å². The molecule has 0 unspecified atom stereocenters. The second kappa shape index (κ2) is 15.8. The van der Waals surface area contributed by atoms with Crippen LogP contribution >= 0.6 is 0 Å². The second-order valence-electron chi connectivity index (χ2n) is 18.7. The quantitative estimate of drug-likeness (QED) is 0.158. The molecule has 2 nitrogen and oxygen atoms in total. The van der Waals surface area contributed by atoms with Crippen molar-refractivity contribution in [2.75, 3.05) is 4.90 Å². The van der Waals surface area contributed by atoms with Crippen LogP contribution in [0.3, 0.4) is 0 Å². The van der Waals surface area contributed by atoms with Crippen molar-refractivity contribution in [2.45, 2.75) is 10.8 Å². The first kappa shape index (κ1) is 40.1. The summed E-state index contributed by atoms with van der Waals surface area (Å²) in [7, 11) is 0. The van der Waals surface area contributed by atoms with E-state index in [1.165, 1.54) is 72.3 Å². The van der Waals surface area contributed by atoms with Crippen molar-refractivity contribution in [1.82, 2.24) is 0 Å². The molecule has 2 aliphatic carbocycles. The minimum absolute atomic E-state index is 0.469. The number of nitrogens with zero attached hydrogens (tertiary/aromatic N) is 1. The highest BCUT2D eigenvalue weighted by Crippen LogP contribution is 2.63. The fourth-order valence-corrected chi connectivity index (χ4v) is 12.3. The largest absolute Gasteiger partial charge is 0.457 e. The Morgan fingerprint density at radius 3 is 1.17 bits per heavy atom. The number of ether oxygens (including phenoxy) is 1. The van der Waals surface area contributed by atoms with E-state index in [9.17, 15) is 0 Å². The Morgan fingerprint density at radius 1 is 0.243 bits per heavy atom. The summed E-state index contributed by atoms with van der Waals surface area (Å²) in [4.78, 5) is 2.42. The van der Waals surface area contributed by atoms with Crippen LogP contribution < -0.4 is 9.64 Å². The summed E-state index contributed by atoms with van der Waals surface area (Å²) in [6.45, 7) is 0. The molecule has 1 spiro atoms. The summed E-state index contributed by atoms with van der Waals surface area (Å²) in [5.41, 5.74) is 21.9. The van der Waals surface area contributed by atoms with E-state index in [0.717, 1.165) is 45.3 Å². The van der Waals surface area contributed by atoms with E-state index in [-0.39, 0.29) is 0 Å². The Balaban J connectivity index is 0.935. The van der Waals surface area contributed by atoms with Crippen LogP contribution in [0.4, 0.5) is 17.1 Å². The molecule has 3 aliphatic rings. The lowest BCUT2D eigenvalue weighted by Gasteiger charge is -2.39. The van der Waals surface area contributed by atoms with Gasteiger partial charge in [0.25, 0.3) is 0 Å². The summed E-state index contributed by atoms with van der Waals surface area (Å²) < 4.78 is 6.69. The van der Waals surface area contributed by atoms with E-state index < -0.39 is 10.8 Å². The highest BCUT2D eigenvalue weighted by molar-refractivity contribution is 5.92. The minimum atomic E-state index is -0.581. The number of hydrogen-bond acceptors (Lipinski definition) is 2. The summed E-state index contributed by atoms with van der Waals surface area (Å²) in [6, 6.07) is 100. The highest BCUT2D eigenvalue weighted by Gasteiger charge is 2.51. The number of hydrogen-bond donors (Lipinski definition) is 0. The number of benzene rings is 11. The zero-order valence-corrected chi connectivity index (χ0v) is 38.3. The van der Waals surface area contributed by atoms with Crippen LogP contribution in [0.2, 0.25) is 0 Å². The Kier molecular flexibility index (Phi) is 9.06. The molecular formula is C68H45NO. The van der Waals surface area contributed by atoms with Crippen molar-refractivity contribution in [2.24, 2.45) is 0 Å². The van der Waals surface area contributed by atoms with Crippen molar-refractivity contribution in [1.29, 1.82) is 0 Å². The van der Waals surface area contributed by atoms with Gasteiger partial charge < -0.3 is 9.64 Å². The average Bonchev–Trinajstić information content (AvgIpc) is 3.90. The van der Waals surface area contributed by atoms with Crippen molar-refractivity contribution >= 4 is 17.1 Å². The van der Waals surface area contributed by atoms with E-state index in [2.05, 4.69) is 278 Å². The number of anilines is 3. The molecule has 0 N–H and O–H groups in total. The molecule has 14 rings (SSSR count). The standard InChI is InChI=1S/C68H45NO/c1-4-18-46(19-5-1)47-32-37-52(38-33-47)69(54-41-43-58-56-25-11-13-27-60(56)68(64(58)45-54)61-28-14-16-30-65(61)70-66-31-17-15-29-62(66)68)53-39-34-48(35-40-53)49-36-42-57-55-24-10-12-26-59(55)67(63(57)44-49,50-20-6-2-7-21-50)51-22-8-3-9-23-51/h1-45H. The van der Waals surface area contributed by atoms with Crippen LogP contribution in [0.5, 0.6) is 11.5 Å². The lowest BCUT2D eigenvalue weighted by molar-refractivity contribution is 0.436. The topological polar surface area (TPSA) is 12.5 Å². The Bertz CT molecular complexity index is 3700. The van der Waals surface area contributed by atoms with Gasteiger partial charge in [-0.2, -0.15) is 0 Å². The predicted octanol–water partition coefficient (Wildman–Crippen LogP) is 17.3. The molecule has 0 fully saturated rings. The maximum absolute atomic E-state index is 6.69. The first-order valence-electron chi connectivity index (χ1n) is 24.2. The molecule has 328 valence electrons. The van der Waals surface area contributed by atoms with Crippen molar-refractivity contribution < 1.29 is 4.74 Å². The third-order valence-electron chi connectivity index (χ3n) is 15.2. The molecule has 2 heteroatoms. The Labute approximate surface area is 409 Å². The van der Waals surface area contributed by atoms with E-state index in [1.54, 1.807) is 0 Å². The van der Waals surface area contributed by atoms with E-state index in [1.807, 2.05) is 0 Å². The van der Waals surface area contributed by atoms with E-state index in [4.69, 9.17) is 4.74 Å². The molecule has 11 aromatic rings. The van der Waals surface area contributed by atoms with Crippen molar-refractivity contribution in [3.8, 4) is 56.0 Å². The molecule has 0 saturated heterocycles. The summed E-state index contributed by atoms with van der Waals surface area (Å²) in [5.74, 6) is 1.77. The lowest BCUT2D eigenvalue weighted by atomic mass is 9.66. The highest BCUT2D eigenvalue weighted by atomic mass is 16.5. The zero-order valence-electron chi connectivity index (χ0n) is 38.3. The van der Waals surface area contributed by atoms with Crippen LogP contribution in [-0.4, -0.2) is 0 Å². The van der Waals surface area contributed by atoms with Gasteiger partial charge in [-0.25, -0.2) is 0 Å². The molecule has 11 aromatic carbocycles. The van der Waals surface area contributed by atoms with Gasteiger partial charge in [-0.05, 0) is 132 Å². The van der Waals surface area contributed by atoms with Gasteiger partial charge in [-0.15, -0.1) is 0 Å². The fourth-order valence-electron chi connectivity index (χ4n) is 12.3. The van der Waals surface area contributed by atoms with Gasteiger partial charge >= 0.3 is 0 Å². The summed E-state index contributed by atoms with van der Waals surface area (Å²) in [6.07, 6.45) is 0. The average molecular weight is 892 g/mol. The van der Waals surface area contributed by atoms with Crippen molar-refractivity contribution in [3.63, 3.8) is 0 Å². The maximum Gasteiger partial charge on any atom is 0.132 e. The molecule has 1 heterocycles. The normalized spacial score (nSPS) is 13.8. The molecule has 0 saturated carbocycles. The molecule has 0 atom stereocenters. The van der Waals surface area contributed by atoms with Gasteiger partial charge in [0.1, 0.15) is 11.5 Å². The fraction of sp³-hybridized carbons (Fsp3) is 0.0294. The SMILES string of the molecule is c1ccc(-c2ccc(N(c3ccc(-c4ccc5c(c4)C(c4ccccc4)(c4ccccc4)c4ccccc4-5)cc3)c3ccc4c(c3)C3(c5ccccc5Oc5ccccc53)c3ccccc3-4)cc2)cc1. The molecule has 0 aromatic heterocycles. The van der Waals surface area contributed by atoms with Crippen LogP contribution in [-0.2, 0) is 10.8 Å². The molecule has 0 radical (unpaired) electrons. The van der Waals surface area contributed by atoms with Crippen LogP contribution in [0, 0.1) is 0 Å². The minimum Gasteiger partial charge on any atom is -0.457 e. The predicted molar refractivity (Wildman–Crippen MR) is 287 cm³/mol. The van der Waals surface area contributed by atoms with Gasteiger partial charge in [-0.1, -0.05) is 218 Å².